The summed E-state index contributed by atoms with van der Waals surface area (Å²) in [7, 11) is 0. The van der Waals surface area contributed by atoms with Crippen LogP contribution in [0, 0.1) is 0 Å². The Kier molecular flexibility index (Phi) is 4.58. The summed E-state index contributed by atoms with van der Waals surface area (Å²) >= 11 is 0. The van der Waals surface area contributed by atoms with Gasteiger partial charge >= 0.3 is 0 Å². The second kappa shape index (κ2) is 7.68. The number of hydrogen-bond acceptors (Lipinski definition) is 3. The number of fused-ring (bicyclic) bond motifs is 1. The van der Waals surface area contributed by atoms with Gasteiger partial charge in [0.2, 0.25) is 0 Å². The monoisotopic (exact) mass is 389 g/mol. The van der Waals surface area contributed by atoms with Gasteiger partial charge in [0.25, 0.3) is 5.56 Å². The number of nitrogens with zero attached hydrogens (tertiary/aromatic N) is 3. The molecule has 0 fully saturated rings. The summed E-state index contributed by atoms with van der Waals surface area (Å²) in [6.45, 7) is 0. The largest absolute Gasteiger partial charge is 0.311 e. The van der Waals surface area contributed by atoms with Crippen LogP contribution in [0.4, 0.5) is 17.1 Å². The Morgan fingerprint density at radius 1 is 0.600 bits per heavy atom. The maximum absolute atomic E-state index is 12.1. The maximum atomic E-state index is 12.1. The Morgan fingerprint density at radius 3 is 1.77 bits per heavy atom. The van der Waals surface area contributed by atoms with Gasteiger partial charge in [-0.3, -0.25) is 4.79 Å². The smallest absolute Gasteiger partial charge is 0.280 e. The first kappa shape index (κ1) is 17.9. The molecule has 30 heavy (non-hydrogen) atoms. The lowest BCUT2D eigenvalue weighted by Gasteiger charge is -2.25. The van der Waals surface area contributed by atoms with Crippen LogP contribution in [0.15, 0.2) is 120 Å². The Labute approximate surface area is 174 Å². The van der Waals surface area contributed by atoms with Gasteiger partial charge in [0.15, 0.2) is 0 Å². The normalized spacial score (nSPS) is 10.8. The first-order valence-corrected chi connectivity index (χ1v) is 9.78. The number of hydrogen-bond donors (Lipinski definition) is 0. The summed E-state index contributed by atoms with van der Waals surface area (Å²) in [6, 6.07) is 36.4. The van der Waals surface area contributed by atoms with Gasteiger partial charge in [-0.2, -0.15) is 4.98 Å². The van der Waals surface area contributed by atoms with Crippen molar-refractivity contribution >= 4 is 28.0 Å². The molecule has 0 N–H and O–H groups in total. The molecule has 0 radical (unpaired) electrons. The highest BCUT2D eigenvalue weighted by Crippen LogP contribution is 2.34. The van der Waals surface area contributed by atoms with E-state index in [1.807, 2.05) is 77.4 Å². The number of benzene rings is 4. The summed E-state index contributed by atoms with van der Waals surface area (Å²) in [6.07, 6.45) is 1.59. The molecular formula is C26H19N3O. The predicted molar refractivity (Wildman–Crippen MR) is 122 cm³/mol. The molecule has 0 saturated heterocycles. The Balaban J connectivity index is 1.60. The van der Waals surface area contributed by atoms with E-state index < -0.39 is 0 Å². The minimum absolute atomic E-state index is 0.210. The van der Waals surface area contributed by atoms with E-state index in [2.05, 4.69) is 46.3 Å². The first-order chi connectivity index (χ1) is 14.8. The molecular weight excluding hydrogens is 370 g/mol. The molecule has 5 rings (SSSR count). The second-order valence-electron chi connectivity index (χ2n) is 6.96. The minimum atomic E-state index is -0.210. The summed E-state index contributed by atoms with van der Waals surface area (Å²) < 4.78 is 1.94. The molecule has 0 unspecified atom stereocenters. The third-order valence-corrected chi connectivity index (χ3v) is 5.10. The van der Waals surface area contributed by atoms with Crippen LogP contribution in [-0.4, -0.2) is 9.55 Å². The van der Waals surface area contributed by atoms with E-state index in [9.17, 15) is 4.79 Å². The van der Waals surface area contributed by atoms with Gasteiger partial charge in [-0.15, -0.1) is 0 Å². The Morgan fingerprint density at radius 2 is 1.13 bits per heavy atom. The zero-order chi connectivity index (χ0) is 20.3. The zero-order valence-corrected chi connectivity index (χ0v) is 16.2. The molecule has 0 spiro atoms. The molecule has 1 heterocycles. The van der Waals surface area contributed by atoms with E-state index in [4.69, 9.17) is 0 Å². The number of para-hydroxylation sites is 3. The van der Waals surface area contributed by atoms with Gasteiger partial charge in [0.05, 0.1) is 10.9 Å². The fourth-order valence-electron chi connectivity index (χ4n) is 3.68. The van der Waals surface area contributed by atoms with Gasteiger partial charge in [0, 0.05) is 22.7 Å². The molecule has 0 saturated carbocycles. The number of rotatable bonds is 4. The van der Waals surface area contributed by atoms with Crippen molar-refractivity contribution in [1.82, 2.24) is 9.55 Å². The van der Waals surface area contributed by atoms with Crippen molar-refractivity contribution in [2.24, 2.45) is 0 Å². The molecule has 1 aromatic heterocycles. The zero-order valence-electron chi connectivity index (χ0n) is 16.2. The molecule has 5 aromatic rings. The molecule has 0 amide bonds. The molecule has 144 valence electrons. The third kappa shape index (κ3) is 3.25. The SMILES string of the molecule is O=c1ncn(-c2ccc(N(c3ccccc3)c3ccccc3)cc2)c2ccccc12. The third-order valence-electron chi connectivity index (χ3n) is 5.10. The molecule has 0 aliphatic rings. The number of anilines is 3. The van der Waals surface area contributed by atoms with Crippen molar-refractivity contribution in [3.63, 3.8) is 0 Å². The van der Waals surface area contributed by atoms with Crippen LogP contribution < -0.4 is 10.5 Å². The lowest BCUT2D eigenvalue weighted by atomic mass is 10.1. The highest BCUT2D eigenvalue weighted by molar-refractivity contribution is 5.80. The van der Waals surface area contributed by atoms with E-state index >= 15 is 0 Å². The first-order valence-electron chi connectivity index (χ1n) is 9.78. The van der Waals surface area contributed by atoms with Crippen LogP contribution in [-0.2, 0) is 0 Å². The molecule has 4 aromatic carbocycles. The highest BCUT2D eigenvalue weighted by atomic mass is 16.1. The lowest BCUT2D eigenvalue weighted by molar-refractivity contribution is 1.02. The topological polar surface area (TPSA) is 38.1 Å². The fourth-order valence-corrected chi connectivity index (χ4v) is 3.68. The van der Waals surface area contributed by atoms with E-state index in [1.165, 1.54) is 0 Å². The van der Waals surface area contributed by atoms with Crippen molar-refractivity contribution in [2.75, 3.05) is 4.90 Å². The number of aromatic nitrogens is 2. The van der Waals surface area contributed by atoms with Crippen LogP contribution in [0.25, 0.3) is 16.6 Å². The van der Waals surface area contributed by atoms with Crippen molar-refractivity contribution in [2.45, 2.75) is 0 Å². The summed E-state index contributed by atoms with van der Waals surface area (Å²) in [5.74, 6) is 0. The van der Waals surface area contributed by atoms with E-state index in [1.54, 1.807) is 6.33 Å². The average Bonchev–Trinajstić information content (AvgIpc) is 2.82. The van der Waals surface area contributed by atoms with E-state index in [0.717, 1.165) is 28.3 Å². The standard InChI is InChI=1S/C26H19N3O/c30-26-24-13-7-8-14-25(24)28(19-27-26)20-15-17-23(18-16-20)29(21-9-3-1-4-10-21)22-11-5-2-6-12-22/h1-19H. The van der Waals surface area contributed by atoms with Crippen molar-refractivity contribution in [3.8, 4) is 5.69 Å². The molecule has 4 nitrogen and oxygen atoms in total. The Bertz CT molecular complexity index is 1300. The molecule has 0 bridgehead atoms. The van der Waals surface area contributed by atoms with E-state index in [-0.39, 0.29) is 5.56 Å². The molecule has 0 aliphatic heterocycles. The highest BCUT2D eigenvalue weighted by Gasteiger charge is 2.12. The van der Waals surface area contributed by atoms with Crippen molar-refractivity contribution in [1.29, 1.82) is 0 Å². The van der Waals surface area contributed by atoms with Crippen molar-refractivity contribution in [3.05, 3.63) is 126 Å². The second-order valence-corrected chi connectivity index (χ2v) is 6.96. The van der Waals surface area contributed by atoms with Crippen LogP contribution in [0.5, 0.6) is 0 Å². The summed E-state index contributed by atoms with van der Waals surface area (Å²) in [5, 5.41) is 0.610. The van der Waals surface area contributed by atoms with Gasteiger partial charge in [-0.05, 0) is 60.7 Å². The van der Waals surface area contributed by atoms with Crippen LogP contribution in [0.2, 0.25) is 0 Å². The van der Waals surface area contributed by atoms with Crippen LogP contribution in [0.1, 0.15) is 0 Å². The summed E-state index contributed by atoms with van der Waals surface area (Å²) in [4.78, 5) is 18.3. The lowest BCUT2D eigenvalue weighted by Crippen LogP contribution is -2.12. The minimum Gasteiger partial charge on any atom is -0.311 e. The molecule has 0 atom stereocenters. The van der Waals surface area contributed by atoms with Crippen LogP contribution >= 0.6 is 0 Å². The average molecular weight is 389 g/mol. The van der Waals surface area contributed by atoms with Gasteiger partial charge in [-0.1, -0.05) is 48.5 Å². The molecule has 4 heteroatoms. The van der Waals surface area contributed by atoms with Gasteiger partial charge in [0.1, 0.15) is 6.33 Å². The van der Waals surface area contributed by atoms with Gasteiger partial charge in [-0.25, -0.2) is 0 Å². The fraction of sp³-hybridized carbons (Fsp3) is 0. The predicted octanol–water partition coefficient (Wildman–Crippen LogP) is 5.86. The van der Waals surface area contributed by atoms with Crippen LogP contribution in [0.3, 0.4) is 0 Å². The quantitative estimate of drug-likeness (QED) is 0.387. The van der Waals surface area contributed by atoms with Gasteiger partial charge < -0.3 is 9.47 Å². The van der Waals surface area contributed by atoms with E-state index in [0.29, 0.717) is 5.39 Å². The van der Waals surface area contributed by atoms with Crippen molar-refractivity contribution < 1.29 is 0 Å². The maximum Gasteiger partial charge on any atom is 0.280 e. The Hall–Kier alpha value is -4.18. The summed E-state index contributed by atoms with van der Waals surface area (Å²) in [5.41, 5.74) is 4.81. The molecule has 0 aliphatic carbocycles.